The SMILES string of the molecule is CC(C)(C)C(=O)NC(CCCNC(=N)N)C(=O)NCCN. The van der Waals surface area contributed by atoms with E-state index in [4.69, 9.17) is 16.9 Å². The minimum atomic E-state index is -0.614. The summed E-state index contributed by atoms with van der Waals surface area (Å²) in [6, 6.07) is -0.614. The smallest absolute Gasteiger partial charge is 0.242 e. The Labute approximate surface area is 125 Å². The first-order valence-corrected chi connectivity index (χ1v) is 7.05. The van der Waals surface area contributed by atoms with Crippen LogP contribution in [0.1, 0.15) is 33.6 Å². The number of rotatable bonds is 8. The molecule has 0 fully saturated rings. The van der Waals surface area contributed by atoms with Gasteiger partial charge in [0, 0.05) is 25.0 Å². The zero-order valence-electron chi connectivity index (χ0n) is 13.1. The summed E-state index contributed by atoms with van der Waals surface area (Å²) < 4.78 is 0. The van der Waals surface area contributed by atoms with Crippen molar-refractivity contribution in [1.29, 1.82) is 5.41 Å². The molecular formula is C13H28N6O2. The van der Waals surface area contributed by atoms with E-state index in [1.165, 1.54) is 0 Å². The maximum Gasteiger partial charge on any atom is 0.242 e. The van der Waals surface area contributed by atoms with Crippen molar-refractivity contribution in [2.24, 2.45) is 16.9 Å². The first-order chi connectivity index (χ1) is 9.68. The van der Waals surface area contributed by atoms with Crippen molar-refractivity contribution in [3.05, 3.63) is 0 Å². The summed E-state index contributed by atoms with van der Waals surface area (Å²) in [5, 5.41) is 15.1. The highest BCUT2D eigenvalue weighted by Crippen LogP contribution is 2.13. The Bertz CT molecular complexity index is 364. The average molecular weight is 300 g/mol. The lowest BCUT2D eigenvalue weighted by molar-refractivity contribution is -0.133. The van der Waals surface area contributed by atoms with Gasteiger partial charge in [-0.3, -0.25) is 15.0 Å². The van der Waals surface area contributed by atoms with E-state index >= 15 is 0 Å². The molecule has 0 rings (SSSR count). The highest BCUT2D eigenvalue weighted by molar-refractivity contribution is 5.89. The normalized spacial score (nSPS) is 12.4. The van der Waals surface area contributed by atoms with Gasteiger partial charge in [-0.25, -0.2) is 0 Å². The Kier molecular flexibility index (Phi) is 8.37. The highest BCUT2D eigenvalue weighted by atomic mass is 16.2. The molecule has 0 saturated carbocycles. The summed E-state index contributed by atoms with van der Waals surface area (Å²) in [6.45, 7) is 6.54. The number of amides is 2. The Morgan fingerprint density at radius 3 is 2.29 bits per heavy atom. The van der Waals surface area contributed by atoms with Crippen LogP contribution in [0.4, 0.5) is 0 Å². The molecule has 21 heavy (non-hydrogen) atoms. The molecule has 1 unspecified atom stereocenters. The minimum Gasteiger partial charge on any atom is -0.370 e. The van der Waals surface area contributed by atoms with Crippen LogP contribution in [0.2, 0.25) is 0 Å². The Balaban J connectivity index is 4.50. The van der Waals surface area contributed by atoms with Crippen molar-refractivity contribution in [3.8, 4) is 0 Å². The predicted molar refractivity (Wildman–Crippen MR) is 82.6 cm³/mol. The number of nitrogens with one attached hydrogen (secondary N) is 4. The van der Waals surface area contributed by atoms with Crippen molar-refractivity contribution in [2.45, 2.75) is 39.7 Å². The second-order valence-corrected chi connectivity index (χ2v) is 5.84. The fraction of sp³-hybridized carbons (Fsp3) is 0.769. The van der Waals surface area contributed by atoms with Crippen molar-refractivity contribution >= 4 is 17.8 Å². The minimum absolute atomic E-state index is 0.113. The van der Waals surface area contributed by atoms with Crippen LogP contribution in [-0.4, -0.2) is 43.5 Å². The fourth-order valence-corrected chi connectivity index (χ4v) is 1.49. The summed E-state index contributed by atoms with van der Waals surface area (Å²) in [4.78, 5) is 24.0. The van der Waals surface area contributed by atoms with Crippen LogP contribution in [0.5, 0.6) is 0 Å². The van der Waals surface area contributed by atoms with Crippen LogP contribution in [0.3, 0.4) is 0 Å². The van der Waals surface area contributed by atoms with Gasteiger partial charge in [0.05, 0.1) is 0 Å². The summed E-state index contributed by atoms with van der Waals surface area (Å²) in [7, 11) is 0. The van der Waals surface area contributed by atoms with E-state index in [1.807, 2.05) is 0 Å². The topological polar surface area (TPSA) is 146 Å². The van der Waals surface area contributed by atoms with Crippen molar-refractivity contribution in [1.82, 2.24) is 16.0 Å². The van der Waals surface area contributed by atoms with Gasteiger partial charge in [0.15, 0.2) is 5.96 Å². The van der Waals surface area contributed by atoms with Gasteiger partial charge in [-0.15, -0.1) is 0 Å². The van der Waals surface area contributed by atoms with Crippen molar-refractivity contribution in [2.75, 3.05) is 19.6 Å². The highest BCUT2D eigenvalue weighted by Gasteiger charge is 2.27. The first-order valence-electron chi connectivity index (χ1n) is 7.05. The van der Waals surface area contributed by atoms with Crippen LogP contribution >= 0.6 is 0 Å². The lowest BCUT2D eigenvalue weighted by Gasteiger charge is -2.24. The molecule has 0 heterocycles. The number of carbonyl (C=O) groups is 2. The van der Waals surface area contributed by atoms with Gasteiger partial charge in [0.1, 0.15) is 6.04 Å². The Hall–Kier alpha value is -1.83. The molecule has 122 valence electrons. The average Bonchev–Trinajstić information content (AvgIpc) is 2.37. The van der Waals surface area contributed by atoms with Crippen LogP contribution in [0.25, 0.3) is 0 Å². The van der Waals surface area contributed by atoms with Crippen molar-refractivity contribution in [3.63, 3.8) is 0 Å². The Morgan fingerprint density at radius 2 is 1.81 bits per heavy atom. The second-order valence-electron chi connectivity index (χ2n) is 5.84. The third kappa shape index (κ3) is 8.85. The molecule has 0 aromatic rings. The van der Waals surface area contributed by atoms with Gasteiger partial charge < -0.3 is 27.4 Å². The summed E-state index contributed by atoms with van der Waals surface area (Å²) in [6.07, 6.45) is 1.06. The summed E-state index contributed by atoms with van der Waals surface area (Å²) in [5.41, 5.74) is 9.97. The van der Waals surface area contributed by atoms with Crippen LogP contribution < -0.4 is 27.4 Å². The second kappa shape index (κ2) is 9.17. The van der Waals surface area contributed by atoms with E-state index in [1.54, 1.807) is 20.8 Å². The molecular weight excluding hydrogens is 272 g/mol. The van der Waals surface area contributed by atoms with Crippen LogP contribution in [0.15, 0.2) is 0 Å². The van der Waals surface area contributed by atoms with Crippen LogP contribution in [0, 0.1) is 10.8 Å². The van der Waals surface area contributed by atoms with E-state index in [-0.39, 0.29) is 17.8 Å². The fourth-order valence-electron chi connectivity index (χ4n) is 1.49. The molecule has 0 aromatic carbocycles. The van der Waals surface area contributed by atoms with Gasteiger partial charge in [-0.05, 0) is 12.8 Å². The molecule has 2 amide bonds. The molecule has 8 N–H and O–H groups in total. The standard InChI is InChI=1S/C13H28N6O2/c1-13(2,3)11(21)19-9(10(20)17-8-6-14)5-4-7-18-12(15)16/h9H,4-8,14H2,1-3H3,(H,17,20)(H,19,21)(H4,15,16,18). The quantitative estimate of drug-likeness (QED) is 0.190. The summed E-state index contributed by atoms with van der Waals surface area (Å²) >= 11 is 0. The molecule has 0 aliphatic carbocycles. The monoisotopic (exact) mass is 300 g/mol. The molecule has 0 saturated heterocycles. The third-order valence-corrected chi connectivity index (χ3v) is 2.73. The number of carbonyl (C=O) groups excluding carboxylic acids is 2. The van der Waals surface area contributed by atoms with Gasteiger partial charge in [-0.1, -0.05) is 20.8 Å². The first kappa shape index (κ1) is 19.2. The van der Waals surface area contributed by atoms with E-state index in [0.717, 1.165) is 0 Å². The molecule has 8 nitrogen and oxygen atoms in total. The van der Waals surface area contributed by atoms with Crippen molar-refractivity contribution < 1.29 is 9.59 Å². The molecule has 0 radical (unpaired) electrons. The largest absolute Gasteiger partial charge is 0.370 e. The molecule has 0 aliphatic rings. The molecule has 0 aliphatic heterocycles. The Morgan fingerprint density at radius 1 is 1.19 bits per heavy atom. The number of nitrogens with two attached hydrogens (primary N) is 2. The summed E-state index contributed by atoms with van der Waals surface area (Å²) in [5.74, 6) is -0.548. The zero-order valence-corrected chi connectivity index (χ0v) is 13.1. The number of guanidine groups is 1. The third-order valence-electron chi connectivity index (χ3n) is 2.73. The zero-order chi connectivity index (χ0) is 16.5. The van der Waals surface area contributed by atoms with E-state index in [0.29, 0.717) is 32.5 Å². The maximum absolute atomic E-state index is 12.0. The molecule has 1 atom stereocenters. The number of hydrogen-bond acceptors (Lipinski definition) is 4. The molecule has 0 aromatic heterocycles. The maximum atomic E-state index is 12.0. The van der Waals surface area contributed by atoms with Gasteiger partial charge in [-0.2, -0.15) is 0 Å². The molecule has 0 bridgehead atoms. The van der Waals surface area contributed by atoms with Gasteiger partial charge in [0.25, 0.3) is 0 Å². The van der Waals surface area contributed by atoms with Gasteiger partial charge in [0.2, 0.25) is 11.8 Å². The van der Waals surface area contributed by atoms with Crippen LogP contribution in [-0.2, 0) is 9.59 Å². The van der Waals surface area contributed by atoms with E-state index in [9.17, 15) is 9.59 Å². The lowest BCUT2D eigenvalue weighted by atomic mass is 9.94. The predicted octanol–water partition coefficient (Wildman–Crippen LogP) is -1.14. The lowest BCUT2D eigenvalue weighted by Crippen LogP contribution is -2.50. The number of hydrogen-bond donors (Lipinski definition) is 6. The van der Waals surface area contributed by atoms with E-state index in [2.05, 4.69) is 16.0 Å². The van der Waals surface area contributed by atoms with E-state index < -0.39 is 11.5 Å². The van der Waals surface area contributed by atoms with Gasteiger partial charge >= 0.3 is 0 Å². The molecule has 0 spiro atoms. The molecule has 8 heteroatoms.